The fraction of sp³-hybridized carbons (Fsp3) is 0.417. The first kappa shape index (κ1) is 12.9. The van der Waals surface area contributed by atoms with Crippen LogP contribution in [0.3, 0.4) is 0 Å². The molecule has 0 saturated heterocycles. The molecule has 1 aromatic carbocycles. The lowest BCUT2D eigenvalue weighted by atomic mass is 10.3. The quantitative estimate of drug-likeness (QED) is 0.798. The topological polar surface area (TPSA) is 29.5 Å². The first-order chi connectivity index (χ1) is 7.67. The number of amides is 1. The van der Waals surface area contributed by atoms with Crippen LogP contribution in [-0.4, -0.2) is 30.5 Å². The minimum Gasteiger partial charge on any atom is -0.484 e. The Morgan fingerprint density at radius 2 is 1.81 bits per heavy atom. The van der Waals surface area contributed by atoms with Gasteiger partial charge in [0.1, 0.15) is 5.75 Å². The molecule has 0 spiro atoms. The molecular formula is C12H17NO2S. The van der Waals surface area contributed by atoms with Gasteiger partial charge < -0.3 is 9.64 Å². The summed E-state index contributed by atoms with van der Waals surface area (Å²) < 4.78 is 5.38. The van der Waals surface area contributed by atoms with Gasteiger partial charge in [-0.05, 0) is 38.1 Å². The molecule has 0 saturated carbocycles. The molecule has 1 rings (SSSR count). The molecule has 3 nitrogen and oxygen atoms in total. The minimum atomic E-state index is 0.0138. The SMILES string of the molecule is CCN(CC)C(=O)COc1ccc(S)cc1. The predicted molar refractivity (Wildman–Crippen MR) is 67.1 cm³/mol. The van der Waals surface area contributed by atoms with E-state index in [1.54, 1.807) is 17.0 Å². The standard InChI is InChI=1S/C12H17NO2S/c1-3-13(4-2)12(14)9-15-10-5-7-11(16)8-6-10/h5-8,16H,3-4,9H2,1-2H3. The van der Waals surface area contributed by atoms with Crippen LogP contribution in [0.2, 0.25) is 0 Å². The average molecular weight is 239 g/mol. The van der Waals surface area contributed by atoms with Crippen LogP contribution in [0, 0.1) is 0 Å². The summed E-state index contributed by atoms with van der Waals surface area (Å²) in [5.41, 5.74) is 0. The van der Waals surface area contributed by atoms with Crippen LogP contribution in [0.5, 0.6) is 5.75 Å². The van der Waals surface area contributed by atoms with Gasteiger partial charge in [-0.25, -0.2) is 0 Å². The average Bonchev–Trinajstić information content (AvgIpc) is 2.30. The normalized spacial score (nSPS) is 9.94. The van der Waals surface area contributed by atoms with E-state index in [1.807, 2.05) is 26.0 Å². The molecular weight excluding hydrogens is 222 g/mol. The van der Waals surface area contributed by atoms with E-state index in [-0.39, 0.29) is 12.5 Å². The van der Waals surface area contributed by atoms with Crippen LogP contribution in [0.1, 0.15) is 13.8 Å². The summed E-state index contributed by atoms with van der Waals surface area (Å²) in [7, 11) is 0. The highest BCUT2D eigenvalue weighted by atomic mass is 32.1. The molecule has 0 fully saturated rings. The molecule has 16 heavy (non-hydrogen) atoms. The Morgan fingerprint density at radius 3 is 2.31 bits per heavy atom. The molecule has 0 heterocycles. The maximum absolute atomic E-state index is 11.6. The number of carbonyl (C=O) groups is 1. The minimum absolute atomic E-state index is 0.0138. The molecule has 0 aromatic heterocycles. The van der Waals surface area contributed by atoms with Crippen LogP contribution < -0.4 is 4.74 Å². The molecule has 0 aliphatic rings. The summed E-state index contributed by atoms with van der Waals surface area (Å²) in [5.74, 6) is 0.707. The highest BCUT2D eigenvalue weighted by Crippen LogP contribution is 2.14. The highest BCUT2D eigenvalue weighted by molar-refractivity contribution is 7.80. The summed E-state index contributed by atoms with van der Waals surface area (Å²) >= 11 is 4.17. The number of hydrogen-bond acceptors (Lipinski definition) is 3. The number of likely N-dealkylation sites (N-methyl/N-ethyl adjacent to an activating group) is 1. The third-order valence-corrected chi connectivity index (χ3v) is 2.61. The van der Waals surface area contributed by atoms with Crippen LogP contribution in [0.25, 0.3) is 0 Å². The van der Waals surface area contributed by atoms with Gasteiger partial charge in [0.15, 0.2) is 6.61 Å². The summed E-state index contributed by atoms with van der Waals surface area (Å²) in [6.07, 6.45) is 0. The van der Waals surface area contributed by atoms with Gasteiger partial charge in [0.05, 0.1) is 0 Å². The summed E-state index contributed by atoms with van der Waals surface area (Å²) in [4.78, 5) is 14.3. The second-order valence-corrected chi connectivity index (χ2v) is 3.87. The molecule has 0 radical (unpaired) electrons. The number of benzene rings is 1. The predicted octanol–water partition coefficient (Wildman–Crippen LogP) is 2.22. The Balaban J connectivity index is 2.45. The fourth-order valence-corrected chi connectivity index (χ4v) is 1.50. The van der Waals surface area contributed by atoms with Crippen molar-refractivity contribution < 1.29 is 9.53 Å². The molecule has 1 aromatic rings. The molecule has 88 valence electrons. The molecule has 0 bridgehead atoms. The van der Waals surface area contributed by atoms with E-state index in [1.165, 1.54) is 0 Å². The van der Waals surface area contributed by atoms with Crippen molar-refractivity contribution in [3.8, 4) is 5.75 Å². The van der Waals surface area contributed by atoms with E-state index in [9.17, 15) is 4.79 Å². The van der Waals surface area contributed by atoms with E-state index in [4.69, 9.17) is 4.74 Å². The van der Waals surface area contributed by atoms with Crippen molar-refractivity contribution in [1.29, 1.82) is 0 Å². The zero-order valence-electron chi connectivity index (χ0n) is 9.64. The van der Waals surface area contributed by atoms with E-state index in [2.05, 4.69) is 12.6 Å². The van der Waals surface area contributed by atoms with Crippen LogP contribution in [0.4, 0.5) is 0 Å². The van der Waals surface area contributed by atoms with Crippen molar-refractivity contribution in [2.45, 2.75) is 18.7 Å². The van der Waals surface area contributed by atoms with Crippen LogP contribution in [0.15, 0.2) is 29.2 Å². The Kier molecular flexibility index (Phi) is 5.19. The molecule has 0 aliphatic carbocycles. The zero-order valence-corrected chi connectivity index (χ0v) is 10.5. The van der Waals surface area contributed by atoms with Crippen molar-refractivity contribution in [3.63, 3.8) is 0 Å². The molecule has 1 amide bonds. The summed E-state index contributed by atoms with van der Waals surface area (Å²) in [6, 6.07) is 7.27. The molecule has 0 aliphatic heterocycles. The maximum atomic E-state index is 11.6. The zero-order chi connectivity index (χ0) is 12.0. The van der Waals surface area contributed by atoms with Crippen molar-refractivity contribution in [2.75, 3.05) is 19.7 Å². The van der Waals surface area contributed by atoms with Crippen molar-refractivity contribution >= 4 is 18.5 Å². The lowest BCUT2D eigenvalue weighted by molar-refractivity contribution is -0.132. The van der Waals surface area contributed by atoms with Crippen LogP contribution in [-0.2, 0) is 4.79 Å². The number of hydrogen-bond donors (Lipinski definition) is 1. The van der Waals surface area contributed by atoms with E-state index in [0.29, 0.717) is 18.8 Å². The van der Waals surface area contributed by atoms with E-state index in [0.717, 1.165) is 4.90 Å². The van der Waals surface area contributed by atoms with Crippen molar-refractivity contribution in [2.24, 2.45) is 0 Å². The van der Waals surface area contributed by atoms with Gasteiger partial charge >= 0.3 is 0 Å². The number of rotatable bonds is 5. The molecule has 0 atom stereocenters. The fourth-order valence-electron chi connectivity index (χ4n) is 1.36. The third-order valence-electron chi connectivity index (χ3n) is 2.32. The van der Waals surface area contributed by atoms with Gasteiger partial charge in [0.25, 0.3) is 5.91 Å². The number of ether oxygens (including phenoxy) is 1. The van der Waals surface area contributed by atoms with E-state index >= 15 is 0 Å². The first-order valence-electron chi connectivity index (χ1n) is 5.37. The van der Waals surface area contributed by atoms with Gasteiger partial charge in [-0.15, -0.1) is 12.6 Å². The lowest BCUT2D eigenvalue weighted by Gasteiger charge is -2.18. The summed E-state index contributed by atoms with van der Waals surface area (Å²) in [6.45, 7) is 5.43. The van der Waals surface area contributed by atoms with Gasteiger partial charge in [0.2, 0.25) is 0 Å². The third kappa shape index (κ3) is 3.77. The number of thiol groups is 1. The Morgan fingerprint density at radius 1 is 1.25 bits per heavy atom. The van der Waals surface area contributed by atoms with Crippen molar-refractivity contribution in [3.05, 3.63) is 24.3 Å². The molecule has 0 unspecified atom stereocenters. The van der Waals surface area contributed by atoms with Gasteiger partial charge in [-0.1, -0.05) is 0 Å². The monoisotopic (exact) mass is 239 g/mol. The lowest BCUT2D eigenvalue weighted by Crippen LogP contribution is -2.34. The van der Waals surface area contributed by atoms with Gasteiger partial charge in [-0.2, -0.15) is 0 Å². The Hall–Kier alpha value is -1.16. The number of carbonyl (C=O) groups excluding carboxylic acids is 1. The Bertz CT molecular complexity index is 333. The van der Waals surface area contributed by atoms with E-state index < -0.39 is 0 Å². The maximum Gasteiger partial charge on any atom is 0.260 e. The summed E-state index contributed by atoms with van der Waals surface area (Å²) in [5, 5.41) is 0. The first-order valence-corrected chi connectivity index (χ1v) is 5.81. The smallest absolute Gasteiger partial charge is 0.260 e. The number of nitrogens with zero attached hydrogens (tertiary/aromatic N) is 1. The van der Waals surface area contributed by atoms with Gasteiger partial charge in [-0.3, -0.25) is 4.79 Å². The molecule has 0 N–H and O–H groups in total. The highest BCUT2D eigenvalue weighted by Gasteiger charge is 2.09. The van der Waals surface area contributed by atoms with Gasteiger partial charge in [0, 0.05) is 18.0 Å². The Labute approximate surface area is 102 Å². The second-order valence-electron chi connectivity index (χ2n) is 3.35. The largest absolute Gasteiger partial charge is 0.484 e. The van der Waals surface area contributed by atoms with Crippen molar-refractivity contribution in [1.82, 2.24) is 4.90 Å². The van der Waals surface area contributed by atoms with Crippen LogP contribution >= 0.6 is 12.6 Å². The molecule has 4 heteroatoms. The second kappa shape index (κ2) is 6.43.